The number of hydrogen-bond donors (Lipinski definition) is 1. The maximum atomic E-state index is 12.1. The Bertz CT molecular complexity index is 1020. The second-order valence-corrected chi connectivity index (χ2v) is 7.84. The van der Waals surface area contributed by atoms with Crippen molar-refractivity contribution in [3.05, 3.63) is 97.5 Å². The van der Waals surface area contributed by atoms with Crippen LogP contribution in [0.25, 0.3) is 0 Å². The molecule has 0 saturated heterocycles. The van der Waals surface area contributed by atoms with Crippen LogP contribution in [0.5, 0.6) is 5.75 Å². The Balaban J connectivity index is 1.56. The molecular weight excluding hydrogens is 535 g/mol. The number of carbonyl (C=O) groups excluding carboxylic acids is 2. The molecule has 140 valence electrons. The Hall–Kier alpha value is -2.52. The molecule has 1 N–H and O–H groups in total. The number of rotatable bonds is 5. The van der Waals surface area contributed by atoms with Crippen LogP contribution in [0.3, 0.4) is 0 Å². The maximum Gasteiger partial charge on any atom is 0.343 e. The van der Waals surface area contributed by atoms with Crippen LogP contribution >= 0.6 is 38.5 Å². The van der Waals surface area contributed by atoms with E-state index in [2.05, 4.69) is 49.0 Å². The van der Waals surface area contributed by atoms with Crippen LogP contribution in [0.2, 0.25) is 0 Å². The lowest BCUT2D eigenvalue weighted by Gasteiger charge is -2.05. The molecule has 0 aromatic heterocycles. The molecule has 0 spiro atoms. The van der Waals surface area contributed by atoms with Gasteiger partial charge < -0.3 is 4.74 Å². The third kappa shape index (κ3) is 5.74. The Morgan fingerprint density at radius 3 is 2.36 bits per heavy atom. The van der Waals surface area contributed by atoms with Gasteiger partial charge in [0.1, 0.15) is 5.75 Å². The number of ether oxygens (including phenoxy) is 1. The molecule has 0 saturated carbocycles. The molecule has 3 aromatic rings. The first kappa shape index (κ1) is 20.2. The van der Waals surface area contributed by atoms with E-state index in [0.29, 0.717) is 16.9 Å². The van der Waals surface area contributed by atoms with Gasteiger partial charge in [-0.3, -0.25) is 4.79 Å². The highest BCUT2D eigenvalue weighted by Gasteiger charge is 2.08. The molecule has 0 atom stereocenters. The van der Waals surface area contributed by atoms with Gasteiger partial charge >= 0.3 is 5.97 Å². The van der Waals surface area contributed by atoms with E-state index in [0.717, 1.165) is 13.6 Å². The third-order valence-electron chi connectivity index (χ3n) is 3.64. The van der Waals surface area contributed by atoms with Crippen molar-refractivity contribution < 1.29 is 14.3 Å². The van der Waals surface area contributed by atoms with Gasteiger partial charge in [0.15, 0.2) is 0 Å². The molecular formula is C21H14BrIN2O3. The van der Waals surface area contributed by atoms with Gasteiger partial charge in [-0.2, -0.15) is 5.10 Å². The van der Waals surface area contributed by atoms with Crippen LogP contribution in [0.15, 0.2) is 82.4 Å². The van der Waals surface area contributed by atoms with Gasteiger partial charge in [0.2, 0.25) is 0 Å². The lowest BCUT2D eigenvalue weighted by molar-refractivity contribution is 0.0734. The van der Waals surface area contributed by atoms with Crippen LogP contribution in [-0.2, 0) is 0 Å². The van der Waals surface area contributed by atoms with Crippen LogP contribution in [0.4, 0.5) is 0 Å². The monoisotopic (exact) mass is 548 g/mol. The van der Waals surface area contributed by atoms with Gasteiger partial charge in [-0.05, 0) is 94.9 Å². The van der Waals surface area contributed by atoms with E-state index in [-0.39, 0.29) is 5.91 Å². The fourth-order valence-corrected chi connectivity index (χ4v) is 3.04. The van der Waals surface area contributed by atoms with Gasteiger partial charge in [0, 0.05) is 13.6 Å². The van der Waals surface area contributed by atoms with Crippen molar-refractivity contribution in [2.45, 2.75) is 0 Å². The molecule has 0 fully saturated rings. The number of nitrogens with one attached hydrogen (secondary N) is 1. The summed E-state index contributed by atoms with van der Waals surface area (Å²) in [6.45, 7) is 0. The third-order valence-corrected chi connectivity index (χ3v) is 4.84. The number of nitrogens with zero attached hydrogens (tertiary/aromatic N) is 1. The van der Waals surface area contributed by atoms with Gasteiger partial charge in [-0.15, -0.1) is 0 Å². The first-order chi connectivity index (χ1) is 13.5. The summed E-state index contributed by atoms with van der Waals surface area (Å²) in [5.74, 6) is -0.290. The van der Waals surface area contributed by atoms with Crippen molar-refractivity contribution >= 4 is 56.6 Å². The lowest BCUT2D eigenvalue weighted by atomic mass is 10.2. The van der Waals surface area contributed by atoms with E-state index in [4.69, 9.17) is 4.74 Å². The number of carbonyl (C=O) groups is 2. The second kappa shape index (κ2) is 9.61. The summed E-state index contributed by atoms with van der Waals surface area (Å²) < 4.78 is 7.20. The Morgan fingerprint density at radius 2 is 1.68 bits per heavy atom. The maximum absolute atomic E-state index is 12.1. The second-order valence-electron chi connectivity index (χ2n) is 5.67. The Kier molecular flexibility index (Phi) is 6.94. The van der Waals surface area contributed by atoms with Gasteiger partial charge in [0.05, 0.1) is 11.8 Å². The van der Waals surface area contributed by atoms with Gasteiger partial charge in [0.25, 0.3) is 5.91 Å². The van der Waals surface area contributed by atoms with Crippen molar-refractivity contribution in [2.24, 2.45) is 5.10 Å². The number of halogens is 2. The van der Waals surface area contributed by atoms with E-state index in [1.54, 1.807) is 60.7 Å². The summed E-state index contributed by atoms with van der Waals surface area (Å²) in [4.78, 5) is 24.1. The highest BCUT2D eigenvalue weighted by molar-refractivity contribution is 14.1. The summed E-state index contributed by atoms with van der Waals surface area (Å²) in [6, 6.07) is 21.0. The summed E-state index contributed by atoms with van der Waals surface area (Å²) in [7, 11) is 0. The average Bonchev–Trinajstić information content (AvgIpc) is 2.69. The number of amides is 1. The zero-order chi connectivity index (χ0) is 19.9. The molecule has 0 heterocycles. The van der Waals surface area contributed by atoms with Crippen molar-refractivity contribution in [3.63, 3.8) is 0 Å². The fraction of sp³-hybridized carbons (Fsp3) is 0. The van der Waals surface area contributed by atoms with Crippen molar-refractivity contribution in [1.29, 1.82) is 0 Å². The minimum atomic E-state index is -0.432. The van der Waals surface area contributed by atoms with E-state index in [1.165, 1.54) is 6.21 Å². The summed E-state index contributed by atoms with van der Waals surface area (Å²) in [6.07, 6.45) is 1.52. The minimum Gasteiger partial charge on any atom is -0.423 e. The van der Waals surface area contributed by atoms with Gasteiger partial charge in [-0.1, -0.05) is 22.0 Å². The van der Waals surface area contributed by atoms with E-state index < -0.39 is 5.97 Å². The molecule has 0 aliphatic heterocycles. The van der Waals surface area contributed by atoms with Crippen LogP contribution in [0, 0.1) is 3.57 Å². The predicted octanol–water partition coefficient (Wildman–Crippen LogP) is 5.04. The normalized spacial score (nSPS) is 10.6. The summed E-state index contributed by atoms with van der Waals surface area (Å²) in [5, 5.41) is 3.95. The highest BCUT2D eigenvalue weighted by atomic mass is 127. The van der Waals surface area contributed by atoms with E-state index >= 15 is 0 Å². The molecule has 0 aliphatic rings. The zero-order valence-electron chi connectivity index (χ0n) is 14.4. The minimum absolute atomic E-state index is 0.283. The van der Waals surface area contributed by atoms with Crippen LogP contribution < -0.4 is 10.2 Å². The van der Waals surface area contributed by atoms with Crippen molar-refractivity contribution in [3.8, 4) is 5.75 Å². The molecule has 1 amide bonds. The molecule has 0 unspecified atom stereocenters. The number of hydrogen-bond acceptors (Lipinski definition) is 4. The average molecular weight is 549 g/mol. The molecule has 3 aromatic carbocycles. The Morgan fingerprint density at radius 1 is 0.964 bits per heavy atom. The summed E-state index contributed by atoms with van der Waals surface area (Å²) >= 11 is 5.47. The van der Waals surface area contributed by atoms with Crippen molar-refractivity contribution in [2.75, 3.05) is 0 Å². The lowest BCUT2D eigenvalue weighted by Crippen LogP contribution is -2.17. The first-order valence-electron chi connectivity index (χ1n) is 8.18. The topological polar surface area (TPSA) is 67.8 Å². The predicted molar refractivity (Wildman–Crippen MR) is 120 cm³/mol. The van der Waals surface area contributed by atoms with Crippen LogP contribution in [0.1, 0.15) is 26.3 Å². The number of benzene rings is 3. The van der Waals surface area contributed by atoms with Crippen molar-refractivity contribution in [1.82, 2.24) is 5.43 Å². The Labute approximate surface area is 184 Å². The first-order valence-corrected chi connectivity index (χ1v) is 10.1. The molecule has 0 radical (unpaired) electrons. The quantitative estimate of drug-likeness (QED) is 0.160. The number of esters is 1. The molecule has 28 heavy (non-hydrogen) atoms. The smallest absolute Gasteiger partial charge is 0.343 e. The molecule has 0 bridgehead atoms. The fourth-order valence-electron chi connectivity index (χ4n) is 2.23. The van der Waals surface area contributed by atoms with Gasteiger partial charge in [-0.25, -0.2) is 10.2 Å². The van der Waals surface area contributed by atoms with E-state index in [9.17, 15) is 9.59 Å². The van der Waals surface area contributed by atoms with E-state index in [1.807, 2.05) is 12.1 Å². The highest BCUT2D eigenvalue weighted by Crippen LogP contribution is 2.15. The largest absolute Gasteiger partial charge is 0.423 e. The number of hydrazone groups is 1. The van der Waals surface area contributed by atoms with Crippen LogP contribution in [-0.4, -0.2) is 18.1 Å². The molecule has 3 rings (SSSR count). The molecule has 7 heteroatoms. The summed E-state index contributed by atoms with van der Waals surface area (Å²) in [5.41, 5.74) is 4.25. The zero-order valence-corrected chi connectivity index (χ0v) is 18.2. The molecule has 0 aliphatic carbocycles. The standard InChI is InChI=1S/C21H14BrIN2O3/c22-17-8-6-15(7-9-17)21(27)28-19-10-4-14(5-11-19)13-24-25-20(26)16-2-1-3-18(23)12-16/h1-13H,(H,25,26)/b24-13-. The molecule has 5 nitrogen and oxygen atoms in total. The SMILES string of the molecule is O=C(N/N=C\c1ccc(OC(=O)c2ccc(Br)cc2)cc1)c1cccc(I)c1.